The van der Waals surface area contributed by atoms with Gasteiger partial charge in [0.25, 0.3) is 0 Å². The Hall–Kier alpha value is -1.49. The molecular weight excluding hydrogens is 298 g/mol. The van der Waals surface area contributed by atoms with Crippen LogP contribution in [0.15, 0.2) is 35.1 Å². The molecule has 0 bridgehead atoms. The third-order valence-corrected chi connectivity index (χ3v) is 3.63. The molecule has 0 radical (unpaired) electrons. The van der Waals surface area contributed by atoms with Crippen molar-refractivity contribution < 1.29 is 14.3 Å². The number of aldehydes is 1. The van der Waals surface area contributed by atoms with Gasteiger partial charge < -0.3 is 9.53 Å². The summed E-state index contributed by atoms with van der Waals surface area (Å²) < 4.78 is 5.48. The van der Waals surface area contributed by atoms with E-state index in [1.807, 2.05) is 6.07 Å². The molecule has 0 spiro atoms. The van der Waals surface area contributed by atoms with Crippen LogP contribution in [0.5, 0.6) is 0 Å². The van der Waals surface area contributed by atoms with Gasteiger partial charge in [0.05, 0.1) is 7.11 Å². The van der Waals surface area contributed by atoms with E-state index in [4.69, 9.17) is 0 Å². The van der Waals surface area contributed by atoms with Gasteiger partial charge >= 0.3 is 5.97 Å². The molecule has 94 valence electrons. The number of esters is 1. The largest absolute Gasteiger partial charge is 0.466 e. The van der Waals surface area contributed by atoms with Crippen molar-refractivity contribution in [3.05, 3.63) is 40.6 Å². The maximum absolute atomic E-state index is 11.4. The van der Waals surface area contributed by atoms with Crippen LogP contribution < -0.4 is 0 Å². The summed E-state index contributed by atoms with van der Waals surface area (Å²) >= 11 is 3.33. The Morgan fingerprint density at radius 3 is 2.83 bits per heavy atom. The maximum atomic E-state index is 11.4. The van der Waals surface area contributed by atoms with Crippen molar-refractivity contribution in [2.24, 2.45) is 11.8 Å². The number of hydrogen-bond donors (Lipinski definition) is 0. The lowest BCUT2D eigenvalue weighted by Gasteiger charge is -2.02. The number of methoxy groups -OCH3 is 1. The molecule has 5 heteroatoms. The lowest BCUT2D eigenvalue weighted by Crippen LogP contribution is -2.06. The Labute approximate surface area is 113 Å². The minimum absolute atomic E-state index is 0.0286. The average molecular weight is 310 g/mol. The van der Waals surface area contributed by atoms with Crippen molar-refractivity contribution in [3.8, 4) is 0 Å². The van der Waals surface area contributed by atoms with Gasteiger partial charge in [-0.25, -0.2) is 4.79 Å². The normalized spacial score (nSPS) is 25.3. The first kappa shape index (κ1) is 13.0. The molecule has 0 saturated heterocycles. The first-order valence-corrected chi connectivity index (χ1v) is 6.22. The monoisotopic (exact) mass is 309 g/mol. The maximum Gasteiger partial charge on any atom is 0.333 e. The number of ether oxygens (including phenoxy) is 1. The molecule has 1 aliphatic carbocycles. The van der Waals surface area contributed by atoms with Crippen molar-refractivity contribution in [2.75, 3.05) is 7.11 Å². The number of carbonyl (C=O) groups excluding carboxylic acids is 2. The van der Waals surface area contributed by atoms with Crippen LogP contribution in [0.2, 0.25) is 0 Å². The predicted molar refractivity (Wildman–Crippen MR) is 68.9 cm³/mol. The number of halogens is 1. The van der Waals surface area contributed by atoms with E-state index in [2.05, 4.69) is 32.2 Å². The SMILES string of the molecule is C=C(C(=O)OC)C1C(C=O)C1c1cncc(Br)c1. The Morgan fingerprint density at radius 1 is 1.56 bits per heavy atom. The number of rotatable bonds is 4. The molecule has 1 fully saturated rings. The van der Waals surface area contributed by atoms with Crippen LogP contribution in [0, 0.1) is 11.8 Å². The first-order chi connectivity index (χ1) is 8.60. The molecule has 18 heavy (non-hydrogen) atoms. The number of pyridine rings is 1. The summed E-state index contributed by atoms with van der Waals surface area (Å²) in [6, 6.07) is 1.90. The summed E-state index contributed by atoms with van der Waals surface area (Å²) in [7, 11) is 1.31. The molecule has 0 aliphatic heterocycles. The quantitative estimate of drug-likeness (QED) is 0.485. The van der Waals surface area contributed by atoms with Crippen LogP contribution in [0.3, 0.4) is 0 Å². The molecule has 1 heterocycles. The number of aromatic nitrogens is 1. The smallest absolute Gasteiger partial charge is 0.333 e. The molecule has 2 rings (SSSR count). The molecule has 3 unspecified atom stereocenters. The Balaban J connectivity index is 2.22. The van der Waals surface area contributed by atoms with Gasteiger partial charge in [0.1, 0.15) is 6.29 Å². The Bertz CT molecular complexity index is 515. The molecular formula is C13H12BrNO3. The average Bonchev–Trinajstić information content (AvgIpc) is 3.11. The highest BCUT2D eigenvalue weighted by molar-refractivity contribution is 9.10. The second-order valence-corrected chi connectivity index (χ2v) is 5.13. The van der Waals surface area contributed by atoms with E-state index in [-0.39, 0.29) is 17.8 Å². The molecule has 1 aliphatic rings. The van der Waals surface area contributed by atoms with Gasteiger partial charge in [0, 0.05) is 40.2 Å². The lowest BCUT2D eigenvalue weighted by molar-refractivity contribution is -0.136. The van der Waals surface area contributed by atoms with E-state index >= 15 is 0 Å². The predicted octanol–water partition coefficient (Wildman–Crippen LogP) is 2.10. The fourth-order valence-electron chi connectivity index (χ4n) is 2.26. The standard InChI is InChI=1S/C13H12BrNO3/c1-7(13(17)18-2)11-10(6-16)12(11)8-3-9(14)5-15-4-8/h3-6,10-12H,1H2,2H3. The van der Waals surface area contributed by atoms with Crippen LogP contribution in [0.1, 0.15) is 11.5 Å². The van der Waals surface area contributed by atoms with Gasteiger partial charge in [-0.3, -0.25) is 4.98 Å². The molecule has 3 atom stereocenters. The van der Waals surface area contributed by atoms with Crippen LogP contribution in [0.4, 0.5) is 0 Å². The molecule has 1 aromatic rings. The van der Waals surface area contributed by atoms with Gasteiger partial charge in [-0.2, -0.15) is 0 Å². The third kappa shape index (κ3) is 2.22. The summed E-state index contributed by atoms with van der Waals surface area (Å²) in [5.74, 6) is -0.879. The molecule has 0 amide bonds. The van der Waals surface area contributed by atoms with E-state index in [0.717, 1.165) is 16.3 Å². The van der Waals surface area contributed by atoms with Crippen LogP contribution >= 0.6 is 15.9 Å². The number of hydrogen-bond acceptors (Lipinski definition) is 4. The highest BCUT2D eigenvalue weighted by Crippen LogP contribution is 2.56. The fraction of sp³-hybridized carbons (Fsp3) is 0.308. The Morgan fingerprint density at radius 2 is 2.28 bits per heavy atom. The molecule has 4 nitrogen and oxygen atoms in total. The number of nitrogens with zero attached hydrogens (tertiary/aromatic N) is 1. The van der Waals surface area contributed by atoms with E-state index in [1.165, 1.54) is 7.11 Å². The van der Waals surface area contributed by atoms with E-state index in [1.54, 1.807) is 12.4 Å². The van der Waals surface area contributed by atoms with Gasteiger partial charge in [0.2, 0.25) is 0 Å². The summed E-state index contributed by atoms with van der Waals surface area (Å²) in [5, 5.41) is 0. The minimum atomic E-state index is -0.461. The summed E-state index contributed by atoms with van der Waals surface area (Å²) in [6.07, 6.45) is 4.24. The minimum Gasteiger partial charge on any atom is -0.466 e. The fourth-order valence-corrected chi connectivity index (χ4v) is 2.64. The van der Waals surface area contributed by atoms with E-state index < -0.39 is 5.97 Å². The summed E-state index contributed by atoms with van der Waals surface area (Å²) in [4.78, 5) is 26.5. The van der Waals surface area contributed by atoms with Crippen molar-refractivity contribution >= 4 is 28.2 Å². The summed E-state index contributed by atoms with van der Waals surface area (Å²) in [5.41, 5.74) is 1.27. The molecule has 1 saturated carbocycles. The Kier molecular flexibility index (Phi) is 3.61. The zero-order valence-electron chi connectivity index (χ0n) is 9.80. The zero-order valence-corrected chi connectivity index (χ0v) is 11.4. The molecule has 1 aromatic heterocycles. The van der Waals surface area contributed by atoms with Crippen LogP contribution in [-0.4, -0.2) is 24.3 Å². The van der Waals surface area contributed by atoms with Crippen LogP contribution in [-0.2, 0) is 14.3 Å². The molecule has 0 N–H and O–H groups in total. The van der Waals surface area contributed by atoms with Gasteiger partial charge in [-0.05, 0) is 27.6 Å². The van der Waals surface area contributed by atoms with Gasteiger partial charge in [0.15, 0.2) is 0 Å². The van der Waals surface area contributed by atoms with Crippen molar-refractivity contribution in [1.82, 2.24) is 4.98 Å². The van der Waals surface area contributed by atoms with E-state index in [0.29, 0.717) is 5.57 Å². The zero-order chi connectivity index (χ0) is 13.3. The first-order valence-electron chi connectivity index (χ1n) is 5.43. The van der Waals surface area contributed by atoms with Crippen LogP contribution in [0.25, 0.3) is 0 Å². The van der Waals surface area contributed by atoms with Gasteiger partial charge in [-0.15, -0.1) is 0 Å². The molecule has 0 aromatic carbocycles. The lowest BCUT2D eigenvalue weighted by atomic mass is 10.1. The second-order valence-electron chi connectivity index (χ2n) is 4.22. The van der Waals surface area contributed by atoms with Gasteiger partial charge in [-0.1, -0.05) is 6.58 Å². The topological polar surface area (TPSA) is 56.3 Å². The second kappa shape index (κ2) is 5.02. The van der Waals surface area contributed by atoms with E-state index in [9.17, 15) is 9.59 Å². The van der Waals surface area contributed by atoms with Crippen molar-refractivity contribution in [1.29, 1.82) is 0 Å². The summed E-state index contributed by atoms with van der Waals surface area (Å²) in [6.45, 7) is 3.72. The highest BCUT2D eigenvalue weighted by atomic mass is 79.9. The van der Waals surface area contributed by atoms with Crippen molar-refractivity contribution in [3.63, 3.8) is 0 Å². The van der Waals surface area contributed by atoms with Crippen molar-refractivity contribution in [2.45, 2.75) is 5.92 Å². The number of carbonyl (C=O) groups is 2. The third-order valence-electron chi connectivity index (χ3n) is 3.19. The highest BCUT2D eigenvalue weighted by Gasteiger charge is 2.54.